The van der Waals surface area contributed by atoms with Crippen molar-refractivity contribution in [3.8, 4) is 23.1 Å². The number of hydrogen-bond donors (Lipinski definition) is 3. The average molecular weight is 670 g/mol. The van der Waals surface area contributed by atoms with Gasteiger partial charge in [-0.15, -0.1) is 0 Å². The third-order valence-corrected chi connectivity index (χ3v) is 10.5. The van der Waals surface area contributed by atoms with Gasteiger partial charge in [-0.2, -0.15) is 15.0 Å². The Morgan fingerprint density at radius 2 is 1.96 bits per heavy atom. The second-order valence-corrected chi connectivity index (χ2v) is 13.7. The summed E-state index contributed by atoms with van der Waals surface area (Å²) in [6.45, 7) is 5.25. The Morgan fingerprint density at radius 1 is 1.13 bits per heavy atom. The molecule has 0 spiro atoms. The maximum atomic E-state index is 13.7. The van der Waals surface area contributed by atoms with E-state index in [1.54, 1.807) is 45.2 Å². The van der Waals surface area contributed by atoms with Gasteiger partial charge in [0, 0.05) is 35.5 Å². The molecule has 12 nitrogen and oxygen atoms in total. The van der Waals surface area contributed by atoms with E-state index in [1.165, 1.54) is 0 Å². The summed E-state index contributed by atoms with van der Waals surface area (Å²) >= 11 is 6.17. The first-order valence-electron chi connectivity index (χ1n) is 14.6. The number of esters is 1. The Morgan fingerprint density at radius 3 is 2.73 bits per heavy atom. The van der Waals surface area contributed by atoms with Crippen LogP contribution in [0.4, 0.5) is 5.95 Å². The van der Waals surface area contributed by atoms with Crippen LogP contribution < -0.4 is 21.3 Å². The second kappa shape index (κ2) is 13.1. The number of pyridine rings is 2. The summed E-state index contributed by atoms with van der Waals surface area (Å²) in [4.78, 5) is 43.6. The molecule has 0 aliphatic carbocycles. The summed E-state index contributed by atoms with van der Waals surface area (Å²) in [7, 11) is 3.42. The topological polar surface area (TPSA) is 167 Å². The zero-order valence-corrected chi connectivity index (χ0v) is 27.2. The highest BCUT2D eigenvalue weighted by Crippen LogP contribution is 2.41. The van der Waals surface area contributed by atoms with Gasteiger partial charge in [0.25, 0.3) is 5.56 Å². The maximum absolute atomic E-state index is 13.7. The van der Waals surface area contributed by atoms with E-state index in [2.05, 4.69) is 27.2 Å². The molecule has 0 amide bonds. The number of nitrogens with two attached hydrogens (primary N) is 1. The van der Waals surface area contributed by atoms with E-state index in [9.17, 15) is 14.7 Å². The lowest BCUT2D eigenvalue weighted by molar-refractivity contribution is -0.149. The summed E-state index contributed by atoms with van der Waals surface area (Å²) in [5.41, 5.74) is 8.44. The molecule has 236 valence electrons. The smallest absolute Gasteiger partial charge is 0.328 e. The van der Waals surface area contributed by atoms with Crippen LogP contribution in [0.5, 0.6) is 11.8 Å². The van der Waals surface area contributed by atoms with Gasteiger partial charge in [-0.25, -0.2) is 4.98 Å². The second-order valence-electron chi connectivity index (χ2n) is 10.7. The summed E-state index contributed by atoms with van der Waals surface area (Å²) in [5.74, 6) is 2.00. The molecule has 1 atom stereocenters. The van der Waals surface area contributed by atoms with Crippen LogP contribution >= 0.6 is 33.2 Å². The number of ether oxygens (including phenoxy) is 2. The van der Waals surface area contributed by atoms with Crippen molar-refractivity contribution in [2.24, 2.45) is 5.73 Å². The fourth-order valence-electron chi connectivity index (χ4n) is 5.74. The number of nitrogens with one attached hydrogen (secondary N) is 1. The highest BCUT2D eigenvalue weighted by molar-refractivity contribution is 8.76. The Hall–Kier alpha value is -3.43. The Kier molecular flexibility index (Phi) is 9.20. The molecule has 0 unspecified atom stereocenters. The number of anilines is 1. The Balaban J connectivity index is 1.32. The quantitative estimate of drug-likeness (QED) is 0.103. The van der Waals surface area contributed by atoms with Gasteiger partial charge in [0.05, 0.1) is 35.4 Å². The lowest BCUT2D eigenvalue weighted by atomic mass is 9.85. The number of aromatic nitrogens is 5. The van der Waals surface area contributed by atoms with Crippen molar-refractivity contribution < 1.29 is 19.4 Å². The fourth-order valence-corrected chi connectivity index (χ4v) is 7.65. The van der Waals surface area contributed by atoms with Gasteiger partial charge < -0.3 is 30.2 Å². The average Bonchev–Trinajstić information content (AvgIpc) is 3.32. The van der Waals surface area contributed by atoms with Crippen LogP contribution in [0.1, 0.15) is 48.9 Å². The van der Waals surface area contributed by atoms with Crippen LogP contribution in [0.15, 0.2) is 29.1 Å². The van der Waals surface area contributed by atoms with Crippen LogP contribution in [-0.2, 0) is 34.7 Å². The van der Waals surface area contributed by atoms with Gasteiger partial charge in [-0.3, -0.25) is 9.59 Å². The molecule has 0 fully saturated rings. The minimum absolute atomic E-state index is 0.00789. The molecule has 3 aromatic heterocycles. The zero-order valence-electron chi connectivity index (χ0n) is 24.8. The monoisotopic (exact) mass is 669 g/mol. The van der Waals surface area contributed by atoms with E-state index >= 15 is 0 Å². The van der Waals surface area contributed by atoms with Gasteiger partial charge in [-0.05, 0) is 59.8 Å². The molecule has 45 heavy (non-hydrogen) atoms. The van der Waals surface area contributed by atoms with Gasteiger partial charge >= 0.3 is 12.0 Å². The number of aliphatic hydroxyl groups is 1. The number of aryl methyl sites for hydroxylation is 1. The van der Waals surface area contributed by atoms with E-state index in [-0.39, 0.29) is 36.3 Å². The van der Waals surface area contributed by atoms with Crippen molar-refractivity contribution in [3.05, 3.63) is 62.2 Å². The van der Waals surface area contributed by atoms with Crippen molar-refractivity contribution in [2.75, 3.05) is 29.9 Å². The molecular formula is C30H32ClN7O5S2. The Labute approximate surface area is 271 Å². The predicted octanol–water partition coefficient (Wildman–Crippen LogP) is 4.41. The van der Waals surface area contributed by atoms with Crippen LogP contribution in [0.2, 0.25) is 5.28 Å². The van der Waals surface area contributed by atoms with Crippen molar-refractivity contribution in [1.29, 1.82) is 0 Å². The number of fused-ring (bicyclic) bond motifs is 5. The van der Waals surface area contributed by atoms with Crippen molar-refractivity contribution in [3.63, 3.8) is 0 Å². The van der Waals surface area contributed by atoms with E-state index in [0.29, 0.717) is 60.3 Å². The summed E-state index contributed by atoms with van der Waals surface area (Å²) in [6, 6.07) is 7.36. The van der Waals surface area contributed by atoms with E-state index in [0.717, 1.165) is 33.5 Å². The van der Waals surface area contributed by atoms with E-state index in [1.807, 2.05) is 12.1 Å². The van der Waals surface area contributed by atoms with Gasteiger partial charge in [-0.1, -0.05) is 35.4 Å². The normalized spacial score (nSPS) is 17.0. The first-order valence-corrected chi connectivity index (χ1v) is 17.5. The molecule has 4 aromatic rings. The van der Waals surface area contributed by atoms with Gasteiger partial charge in [0.15, 0.2) is 0 Å². The van der Waals surface area contributed by atoms with Crippen molar-refractivity contribution in [1.82, 2.24) is 24.5 Å². The molecule has 2 aliphatic rings. The molecule has 2 aliphatic heterocycles. The highest BCUT2D eigenvalue weighted by atomic mass is 35.5. The minimum atomic E-state index is -1.49. The third-order valence-electron chi connectivity index (χ3n) is 7.94. The van der Waals surface area contributed by atoms with Gasteiger partial charge in [0.1, 0.15) is 18.0 Å². The van der Waals surface area contributed by atoms with Crippen LogP contribution in [-0.4, -0.2) is 60.2 Å². The number of benzene rings is 1. The fraction of sp³-hybridized carbons (Fsp3) is 0.400. The standard InChI is InChI=1S/C30H32ClN7O5S2/c1-3-17-18-11-16(43-29-36-27(31)35-28(37-29)33-8-10-45-44-9-7-32)5-6-22(18)34-25-19(17)14-38-23(25)12-21-20(26(38)40)15-42-24(39)13-30(21,41)4-2/h5-6,11-12,41H,3-4,7-10,13-15,32H2,1-2H3,(H,33,35,36,37)/t30-/m1/s1. The molecule has 0 radical (unpaired) electrons. The zero-order chi connectivity index (χ0) is 31.7. The number of nitrogens with zero attached hydrogens (tertiary/aromatic N) is 5. The van der Waals surface area contributed by atoms with E-state index < -0.39 is 11.6 Å². The lowest BCUT2D eigenvalue weighted by Crippen LogP contribution is -2.32. The number of carbonyl (C=O) groups is 1. The molecule has 1 aromatic carbocycles. The molecule has 0 saturated carbocycles. The van der Waals surface area contributed by atoms with Crippen molar-refractivity contribution in [2.45, 2.75) is 51.9 Å². The van der Waals surface area contributed by atoms with Gasteiger partial charge in [0.2, 0.25) is 11.2 Å². The minimum Gasteiger partial charge on any atom is -0.460 e. The van der Waals surface area contributed by atoms with Crippen LogP contribution in [0, 0.1) is 0 Å². The summed E-state index contributed by atoms with van der Waals surface area (Å²) in [6.07, 6.45) is 0.727. The molecule has 15 heteroatoms. The summed E-state index contributed by atoms with van der Waals surface area (Å²) < 4.78 is 13.0. The summed E-state index contributed by atoms with van der Waals surface area (Å²) in [5, 5.41) is 15.4. The number of cyclic esters (lactones) is 1. The highest BCUT2D eigenvalue weighted by Gasteiger charge is 2.39. The number of rotatable bonds is 11. The largest absolute Gasteiger partial charge is 0.460 e. The third kappa shape index (κ3) is 6.21. The Bertz CT molecular complexity index is 1860. The SMILES string of the molecule is CCc1c2c(nc3ccc(Oc4nc(Cl)nc(NCCSSCCN)n4)cc13)-c1cc3c(c(=O)n1C2)COC(=O)C[C@]3(O)CC. The molecular weight excluding hydrogens is 638 g/mol. The molecule has 4 N–H and O–H groups in total. The maximum Gasteiger partial charge on any atom is 0.328 e. The molecule has 0 saturated heterocycles. The van der Waals surface area contributed by atoms with Crippen LogP contribution in [0.25, 0.3) is 22.3 Å². The molecule has 5 heterocycles. The number of hydrogen-bond acceptors (Lipinski definition) is 13. The van der Waals surface area contributed by atoms with E-state index in [4.69, 9.17) is 31.8 Å². The predicted molar refractivity (Wildman–Crippen MR) is 176 cm³/mol. The van der Waals surface area contributed by atoms with Crippen LogP contribution in [0.3, 0.4) is 0 Å². The number of carbonyl (C=O) groups excluding carboxylic acids is 1. The number of halogens is 1. The lowest BCUT2D eigenvalue weighted by Gasteiger charge is -2.26. The first-order chi connectivity index (χ1) is 21.7. The van der Waals surface area contributed by atoms with Crippen molar-refractivity contribution >= 4 is 56.0 Å². The molecule has 0 bridgehead atoms. The molecule has 6 rings (SSSR count). The first kappa shape index (κ1) is 31.5.